The van der Waals surface area contributed by atoms with Crippen molar-refractivity contribution in [1.82, 2.24) is 0 Å². The van der Waals surface area contributed by atoms with E-state index in [1.54, 1.807) is 36.2 Å². The first-order chi connectivity index (χ1) is 10.0. The molecule has 0 aliphatic rings. The lowest BCUT2D eigenvalue weighted by molar-refractivity contribution is 0.613. The number of halogens is 2. The highest BCUT2D eigenvalue weighted by Gasteiger charge is 2.15. The summed E-state index contributed by atoms with van der Waals surface area (Å²) >= 11 is 0. The van der Waals surface area contributed by atoms with Gasteiger partial charge in [0.05, 0.1) is 5.69 Å². The largest absolute Gasteiger partial charge is 0.342 e. The van der Waals surface area contributed by atoms with Gasteiger partial charge in [0.1, 0.15) is 11.6 Å². The van der Waals surface area contributed by atoms with Crippen molar-refractivity contribution < 1.29 is 8.78 Å². The van der Waals surface area contributed by atoms with Crippen molar-refractivity contribution in [2.24, 2.45) is 5.73 Å². The topological polar surface area (TPSA) is 29.3 Å². The molecule has 4 heteroatoms. The first-order valence-corrected chi connectivity index (χ1v) is 7.05. The van der Waals surface area contributed by atoms with Gasteiger partial charge >= 0.3 is 0 Å². The van der Waals surface area contributed by atoms with Gasteiger partial charge in [0.15, 0.2) is 0 Å². The number of hydrogen-bond acceptors (Lipinski definition) is 2. The first kappa shape index (κ1) is 15.4. The number of para-hydroxylation sites is 1. The van der Waals surface area contributed by atoms with Crippen molar-refractivity contribution in [3.8, 4) is 0 Å². The summed E-state index contributed by atoms with van der Waals surface area (Å²) in [6.07, 6.45) is 1.36. The number of benzene rings is 2. The highest BCUT2D eigenvalue weighted by atomic mass is 19.1. The lowest BCUT2D eigenvalue weighted by Gasteiger charge is -2.24. The van der Waals surface area contributed by atoms with Crippen molar-refractivity contribution in [2.75, 3.05) is 11.9 Å². The molecule has 112 valence electrons. The van der Waals surface area contributed by atoms with Crippen LogP contribution in [0.3, 0.4) is 0 Å². The fourth-order valence-electron chi connectivity index (χ4n) is 2.33. The van der Waals surface area contributed by atoms with Crippen LogP contribution in [-0.4, -0.2) is 13.1 Å². The Bertz CT molecular complexity index is 613. The second-order valence-corrected chi connectivity index (χ2v) is 5.16. The third-order valence-electron chi connectivity index (χ3n) is 3.62. The van der Waals surface area contributed by atoms with Crippen LogP contribution in [0.5, 0.6) is 0 Å². The summed E-state index contributed by atoms with van der Waals surface area (Å²) < 4.78 is 27.4. The molecule has 0 fully saturated rings. The van der Waals surface area contributed by atoms with Crippen molar-refractivity contribution >= 4 is 11.4 Å². The summed E-state index contributed by atoms with van der Waals surface area (Å²) in [6, 6.07) is 11.0. The van der Waals surface area contributed by atoms with E-state index in [-0.39, 0.29) is 17.7 Å². The molecule has 0 saturated carbocycles. The minimum absolute atomic E-state index is 0.0421. The van der Waals surface area contributed by atoms with Crippen molar-refractivity contribution in [3.05, 3.63) is 59.7 Å². The number of hydrogen-bond donors (Lipinski definition) is 1. The summed E-state index contributed by atoms with van der Waals surface area (Å²) in [7, 11) is 1.77. The number of anilines is 2. The van der Waals surface area contributed by atoms with E-state index in [0.29, 0.717) is 12.1 Å². The van der Waals surface area contributed by atoms with Gasteiger partial charge in [-0.25, -0.2) is 8.78 Å². The Morgan fingerprint density at radius 1 is 1.10 bits per heavy atom. The fourth-order valence-corrected chi connectivity index (χ4v) is 2.33. The Kier molecular flexibility index (Phi) is 4.91. The van der Waals surface area contributed by atoms with E-state index in [4.69, 9.17) is 5.73 Å². The normalized spacial score (nSPS) is 12.2. The van der Waals surface area contributed by atoms with Crippen molar-refractivity contribution in [3.63, 3.8) is 0 Å². The Hall–Kier alpha value is -1.94. The van der Waals surface area contributed by atoms with Gasteiger partial charge in [-0.2, -0.15) is 0 Å². The van der Waals surface area contributed by atoms with Gasteiger partial charge in [-0.3, -0.25) is 0 Å². The van der Waals surface area contributed by atoms with Gasteiger partial charge in [-0.15, -0.1) is 0 Å². The quantitative estimate of drug-likeness (QED) is 0.901. The van der Waals surface area contributed by atoms with Crippen LogP contribution >= 0.6 is 0 Å². The lowest BCUT2D eigenvalue weighted by Crippen LogP contribution is -2.23. The molecule has 2 N–H and O–H groups in total. The molecule has 0 radical (unpaired) electrons. The molecule has 1 atom stereocenters. The second kappa shape index (κ2) is 6.68. The molecule has 0 aromatic heterocycles. The monoisotopic (exact) mass is 290 g/mol. The predicted octanol–water partition coefficient (Wildman–Crippen LogP) is 4.01. The summed E-state index contributed by atoms with van der Waals surface area (Å²) in [5.74, 6) is -0.617. The third kappa shape index (κ3) is 3.58. The van der Waals surface area contributed by atoms with Crippen molar-refractivity contribution in [1.29, 1.82) is 0 Å². The molecule has 0 aliphatic carbocycles. The minimum atomic E-state index is -0.310. The highest BCUT2D eigenvalue weighted by molar-refractivity contribution is 5.66. The average Bonchev–Trinajstić information content (AvgIpc) is 2.47. The first-order valence-electron chi connectivity index (χ1n) is 7.05. The molecule has 0 spiro atoms. The predicted molar refractivity (Wildman–Crippen MR) is 82.8 cm³/mol. The molecule has 2 rings (SSSR count). The molecule has 21 heavy (non-hydrogen) atoms. The molecule has 0 amide bonds. The Morgan fingerprint density at radius 2 is 1.81 bits per heavy atom. The Labute approximate surface area is 124 Å². The number of rotatable bonds is 5. The summed E-state index contributed by atoms with van der Waals surface area (Å²) in [6.45, 7) is 1.99. The van der Waals surface area contributed by atoms with E-state index < -0.39 is 0 Å². The van der Waals surface area contributed by atoms with Crippen LogP contribution in [0.4, 0.5) is 20.2 Å². The van der Waals surface area contributed by atoms with E-state index >= 15 is 0 Å². The van der Waals surface area contributed by atoms with Gasteiger partial charge in [-0.1, -0.05) is 19.1 Å². The zero-order valence-corrected chi connectivity index (χ0v) is 12.3. The van der Waals surface area contributed by atoms with Crippen LogP contribution in [0.2, 0.25) is 0 Å². The van der Waals surface area contributed by atoms with Crippen LogP contribution in [0.25, 0.3) is 0 Å². The molecule has 1 unspecified atom stereocenters. The average molecular weight is 290 g/mol. The molecular formula is C17H20F2N2. The van der Waals surface area contributed by atoms with Gasteiger partial charge < -0.3 is 10.6 Å². The van der Waals surface area contributed by atoms with Crippen molar-refractivity contribution in [2.45, 2.75) is 25.8 Å². The van der Waals surface area contributed by atoms with Crippen LogP contribution in [-0.2, 0) is 6.42 Å². The summed E-state index contributed by atoms with van der Waals surface area (Å²) in [4.78, 5) is 1.73. The number of nitrogens with two attached hydrogens (primary N) is 1. The van der Waals surface area contributed by atoms with Gasteiger partial charge in [0, 0.05) is 18.8 Å². The molecular weight excluding hydrogens is 270 g/mol. The molecule has 0 aliphatic heterocycles. The third-order valence-corrected chi connectivity index (χ3v) is 3.62. The SMILES string of the molecule is CCC(N)Cc1cc(F)ccc1N(C)c1ccccc1F. The van der Waals surface area contributed by atoms with E-state index in [0.717, 1.165) is 17.7 Å². The fraction of sp³-hybridized carbons (Fsp3) is 0.294. The molecule has 0 bridgehead atoms. The van der Waals surface area contributed by atoms with Gasteiger partial charge in [0.2, 0.25) is 0 Å². The van der Waals surface area contributed by atoms with E-state index in [1.165, 1.54) is 18.2 Å². The molecule has 2 aromatic rings. The van der Waals surface area contributed by atoms with Gasteiger partial charge in [-0.05, 0) is 48.7 Å². The standard InChI is InChI=1S/C17H20F2N2/c1-3-14(20)11-12-10-13(18)8-9-16(12)21(2)17-7-5-4-6-15(17)19/h4-10,14H,3,11,20H2,1-2H3. The zero-order chi connectivity index (χ0) is 15.4. The van der Waals surface area contributed by atoms with E-state index in [9.17, 15) is 8.78 Å². The zero-order valence-electron chi connectivity index (χ0n) is 12.3. The number of nitrogens with zero attached hydrogens (tertiary/aromatic N) is 1. The Morgan fingerprint density at radius 3 is 2.48 bits per heavy atom. The maximum absolute atomic E-state index is 13.9. The summed E-state index contributed by atoms with van der Waals surface area (Å²) in [5, 5.41) is 0. The van der Waals surface area contributed by atoms with Crippen LogP contribution < -0.4 is 10.6 Å². The van der Waals surface area contributed by atoms with Crippen LogP contribution in [0.15, 0.2) is 42.5 Å². The summed E-state index contributed by atoms with van der Waals surface area (Å²) in [5.41, 5.74) is 7.99. The highest BCUT2D eigenvalue weighted by Crippen LogP contribution is 2.30. The van der Waals surface area contributed by atoms with E-state index in [1.807, 2.05) is 6.92 Å². The maximum atomic E-state index is 13.9. The smallest absolute Gasteiger partial charge is 0.146 e. The molecule has 2 aromatic carbocycles. The second-order valence-electron chi connectivity index (χ2n) is 5.16. The minimum Gasteiger partial charge on any atom is -0.342 e. The Balaban J connectivity index is 2.41. The van der Waals surface area contributed by atoms with Gasteiger partial charge in [0.25, 0.3) is 0 Å². The molecule has 0 heterocycles. The molecule has 2 nitrogen and oxygen atoms in total. The van der Waals surface area contributed by atoms with E-state index in [2.05, 4.69) is 0 Å². The lowest BCUT2D eigenvalue weighted by atomic mass is 10.0. The molecule has 0 saturated heterocycles. The van der Waals surface area contributed by atoms with Crippen LogP contribution in [0, 0.1) is 11.6 Å². The van der Waals surface area contributed by atoms with Crippen LogP contribution in [0.1, 0.15) is 18.9 Å². The maximum Gasteiger partial charge on any atom is 0.146 e.